The monoisotopic (exact) mass is 338 g/mol. The predicted molar refractivity (Wildman–Crippen MR) is 79.3 cm³/mol. The van der Waals surface area contributed by atoms with Crippen LogP contribution < -0.4 is 5.32 Å². The van der Waals surface area contributed by atoms with Gasteiger partial charge in [-0.2, -0.15) is 5.10 Å². The summed E-state index contributed by atoms with van der Waals surface area (Å²) in [5.41, 5.74) is 3.14. The molecule has 1 saturated carbocycles. The molecule has 0 aromatic carbocycles. The molecule has 20 heavy (non-hydrogen) atoms. The van der Waals surface area contributed by atoms with Gasteiger partial charge in [-0.1, -0.05) is 5.21 Å². The fourth-order valence-electron chi connectivity index (χ4n) is 2.21. The molecule has 1 aliphatic carbocycles. The van der Waals surface area contributed by atoms with Crippen molar-refractivity contribution in [1.82, 2.24) is 30.1 Å². The summed E-state index contributed by atoms with van der Waals surface area (Å²) in [4.78, 5) is 0. The normalized spacial score (nSPS) is 14.9. The lowest BCUT2D eigenvalue weighted by molar-refractivity contribution is 0.563. The van der Waals surface area contributed by atoms with E-state index in [1.54, 1.807) is 0 Å². The van der Waals surface area contributed by atoms with Crippen molar-refractivity contribution in [3.8, 4) is 0 Å². The Morgan fingerprint density at radius 1 is 1.45 bits per heavy atom. The highest BCUT2D eigenvalue weighted by molar-refractivity contribution is 9.10. The largest absolute Gasteiger partial charge is 0.308 e. The smallest absolute Gasteiger partial charge is 0.0965 e. The van der Waals surface area contributed by atoms with Crippen LogP contribution in [0.5, 0.6) is 0 Å². The molecular formula is C13H19BrN6. The molecule has 1 N–H and O–H groups in total. The van der Waals surface area contributed by atoms with Gasteiger partial charge in [0, 0.05) is 19.1 Å². The predicted octanol–water partition coefficient (Wildman–Crippen LogP) is 1.87. The van der Waals surface area contributed by atoms with Crippen LogP contribution in [0.3, 0.4) is 0 Å². The SMILES string of the molecule is CCn1nc(C)c(Br)c1Cn1cc(CNC2CC2)nn1. The van der Waals surface area contributed by atoms with E-state index in [0.717, 1.165) is 34.6 Å². The molecule has 0 bridgehead atoms. The molecule has 0 atom stereocenters. The zero-order chi connectivity index (χ0) is 14.1. The van der Waals surface area contributed by atoms with E-state index in [1.165, 1.54) is 12.8 Å². The van der Waals surface area contributed by atoms with Crippen LogP contribution in [0.15, 0.2) is 10.7 Å². The molecule has 0 radical (unpaired) electrons. The van der Waals surface area contributed by atoms with Crippen molar-refractivity contribution in [1.29, 1.82) is 0 Å². The van der Waals surface area contributed by atoms with E-state index in [2.05, 4.69) is 43.6 Å². The highest BCUT2D eigenvalue weighted by Gasteiger charge is 2.20. The summed E-state index contributed by atoms with van der Waals surface area (Å²) in [6.45, 7) is 6.44. The quantitative estimate of drug-likeness (QED) is 0.873. The fourth-order valence-corrected chi connectivity index (χ4v) is 2.62. The van der Waals surface area contributed by atoms with Crippen molar-refractivity contribution < 1.29 is 0 Å². The highest BCUT2D eigenvalue weighted by Crippen LogP contribution is 2.22. The summed E-state index contributed by atoms with van der Waals surface area (Å²) < 4.78 is 4.94. The average molecular weight is 339 g/mol. The number of aromatic nitrogens is 5. The Morgan fingerprint density at radius 3 is 2.95 bits per heavy atom. The van der Waals surface area contributed by atoms with E-state index in [-0.39, 0.29) is 0 Å². The summed E-state index contributed by atoms with van der Waals surface area (Å²) in [5, 5.41) is 16.4. The van der Waals surface area contributed by atoms with Crippen molar-refractivity contribution in [2.75, 3.05) is 0 Å². The minimum atomic E-state index is 0.686. The van der Waals surface area contributed by atoms with Crippen molar-refractivity contribution in [2.45, 2.75) is 52.4 Å². The lowest BCUT2D eigenvalue weighted by atomic mass is 10.3. The van der Waals surface area contributed by atoms with Crippen LogP contribution in [-0.4, -0.2) is 30.8 Å². The zero-order valence-electron chi connectivity index (χ0n) is 11.8. The Kier molecular flexibility index (Phi) is 3.89. The molecule has 0 unspecified atom stereocenters. The highest BCUT2D eigenvalue weighted by atomic mass is 79.9. The van der Waals surface area contributed by atoms with Gasteiger partial charge in [0.1, 0.15) is 0 Å². The second-order valence-electron chi connectivity index (χ2n) is 5.22. The lowest BCUT2D eigenvalue weighted by Gasteiger charge is -2.04. The van der Waals surface area contributed by atoms with E-state index < -0.39 is 0 Å². The topological polar surface area (TPSA) is 60.6 Å². The number of nitrogens with one attached hydrogen (secondary N) is 1. The van der Waals surface area contributed by atoms with Gasteiger partial charge in [-0.15, -0.1) is 5.10 Å². The molecule has 108 valence electrons. The lowest BCUT2D eigenvalue weighted by Crippen LogP contribution is -2.15. The van der Waals surface area contributed by atoms with Gasteiger partial charge < -0.3 is 5.32 Å². The van der Waals surface area contributed by atoms with Crippen LogP contribution in [0, 0.1) is 6.92 Å². The molecule has 0 saturated heterocycles. The van der Waals surface area contributed by atoms with Gasteiger partial charge in [-0.25, -0.2) is 4.68 Å². The number of aryl methyl sites for hydroxylation is 2. The average Bonchev–Trinajstić information content (AvgIpc) is 3.11. The Labute approximate surface area is 126 Å². The van der Waals surface area contributed by atoms with Gasteiger partial charge in [0.25, 0.3) is 0 Å². The van der Waals surface area contributed by atoms with Crippen molar-refractivity contribution in [3.05, 3.63) is 27.8 Å². The second kappa shape index (κ2) is 5.65. The van der Waals surface area contributed by atoms with E-state index in [1.807, 2.05) is 22.5 Å². The zero-order valence-corrected chi connectivity index (χ0v) is 13.4. The maximum absolute atomic E-state index is 4.50. The Balaban J connectivity index is 1.70. The van der Waals surface area contributed by atoms with Crippen LogP contribution >= 0.6 is 15.9 Å². The number of nitrogens with zero attached hydrogens (tertiary/aromatic N) is 5. The van der Waals surface area contributed by atoms with Gasteiger partial charge in [0.2, 0.25) is 0 Å². The van der Waals surface area contributed by atoms with Crippen molar-refractivity contribution >= 4 is 15.9 Å². The van der Waals surface area contributed by atoms with Gasteiger partial charge in [-0.05, 0) is 42.6 Å². The Bertz CT molecular complexity index is 598. The molecule has 0 aliphatic heterocycles. The molecule has 0 amide bonds. The molecule has 2 aromatic heterocycles. The first kappa shape index (κ1) is 13.8. The molecule has 3 rings (SSSR count). The summed E-state index contributed by atoms with van der Waals surface area (Å²) in [5.74, 6) is 0. The first-order valence-corrected chi connectivity index (χ1v) is 7.81. The third kappa shape index (κ3) is 2.93. The number of halogens is 1. The second-order valence-corrected chi connectivity index (χ2v) is 6.02. The van der Waals surface area contributed by atoms with Crippen LogP contribution in [0.1, 0.15) is 36.8 Å². The minimum absolute atomic E-state index is 0.686. The molecule has 0 spiro atoms. The molecule has 2 aromatic rings. The molecule has 2 heterocycles. The van der Waals surface area contributed by atoms with Gasteiger partial charge in [-0.3, -0.25) is 4.68 Å². The standard InChI is InChI=1S/C13H19BrN6/c1-3-20-12(13(14)9(2)17-20)8-19-7-11(16-18-19)6-15-10-4-5-10/h7,10,15H,3-6,8H2,1-2H3. The Morgan fingerprint density at radius 2 is 2.25 bits per heavy atom. The van der Waals surface area contributed by atoms with E-state index >= 15 is 0 Å². The molecule has 7 heteroatoms. The van der Waals surface area contributed by atoms with Crippen LogP contribution in [0.4, 0.5) is 0 Å². The summed E-state index contributed by atoms with van der Waals surface area (Å²) in [6.07, 6.45) is 4.58. The van der Waals surface area contributed by atoms with E-state index in [0.29, 0.717) is 12.6 Å². The molecule has 1 aliphatic rings. The third-order valence-electron chi connectivity index (χ3n) is 3.50. The first-order valence-electron chi connectivity index (χ1n) is 7.01. The van der Waals surface area contributed by atoms with Crippen LogP contribution in [-0.2, 0) is 19.6 Å². The van der Waals surface area contributed by atoms with Gasteiger partial charge in [0.05, 0.1) is 34.3 Å². The van der Waals surface area contributed by atoms with Gasteiger partial charge in [0.15, 0.2) is 0 Å². The van der Waals surface area contributed by atoms with Crippen molar-refractivity contribution in [2.24, 2.45) is 0 Å². The van der Waals surface area contributed by atoms with Crippen LogP contribution in [0.2, 0.25) is 0 Å². The number of hydrogen-bond acceptors (Lipinski definition) is 4. The molecule has 6 nitrogen and oxygen atoms in total. The summed E-state index contributed by atoms with van der Waals surface area (Å²) in [6, 6.07) is 0.693. The van der Waals surface area contributed by atoms with E-state index in [9.17, 15) is 0 Å². The summed E-state index contributed by atoms with van der Waals surface area (Å²) in [7, 11) is 0. The number of rotatable bonds is 6. The van der Waals surface area contributed by atoms with E-state index in [4.69, 9.17) is 0 Å². The molecule has 1 fully saturated rings. The summed E-state index contributed by atoms with van der Waals surface area (Å²) >= 11 is 3.61. The number of hydrogen-bond donors (Lipinski definition) is 1. The maximum atomic E-state index is 4.50. The fraction of sp³-hybridized carbons (Fsp3) is 0.615. The Hall–Kier alpha value is -1.21. The van der Waals surface area contributed by atoms with Gasteiger partial charge >= 0.3 is 0 Å². The third-order valence-corrected chi connectivity index (χ3v) is 4.53. The first-order chi connectivity index (χ1) is 9.67. The van der Waals surface area contributed by atoms with Crippen molar-refractivity contribution in [3.63, 3.8) is 0 Å². The maximum Gasteiger partial charge on any atom is 0.0965 e. The minimum Gasteiger partial charge on any atom is -0.308 e. The molecular weight excluding hydrogens is 320 g/mol. The van der Waals surface area contributed by atoms with Crippen LogP contribution in [0.25, 0.3) is 0 Å².